The van der Waals surface area contributed by atoms with Crippen molar-refractivity contribution in [3.8, 4) is 0 Å². The quantitative estimate of drug-likeness (QED) is 0.732. The summed E-state index contributed by atoms with van der Waals surface area (Å²) >= 11 is 0. The van der Waals surface area contributed by atoms with Crippen molar-refractivity contribution in [1.82, 2.24) is 10.3 Å². The molecular weight excluding hydrogens is 326 g/mol. The van der Waals surface area contributed by atoms with E-state index in [0.29, 0.717) is 6.54 Å². The van der Waals surface area contributed by atoms with Crippen LogP contribution in [0, 0.1) is 0 Å². The first-order valence-electron chi connectivity index (χ1n) is 8.67. The van der Waals surface area contributed by atoms with E-state index in [-0.39, 0.29) is 0 Å². The molecule has 1 N–H and O–H groups in total. The molecule has 5 nitrogen and oxygen atoms in total. The first-order valence-corrected chi connectivity index (χ1v) is 8.67. The molecule has 1 aromatic carbocycles. The molecule has 0 spiro atoms. The Morgan fingerprint density at radius 1 is 1.15 bits per heavy atom. The summed E-state index contributed by atoms with van der Waals surface area (Å²) in [7, 11) is 0. The Morgan fingerprint density at radius 3 is 2.65 bits per heavy atom. The molecule has 0 aliphatic rings. The lowest BCUT2D eigenvalue weighted by atomic mass is 10.2. The van der Waals surface area contributed by atoms with Gasteiger partial charge in [-0.1, -0.05) is 30.3 Å². The van der Waals surface area contributed by atoms with Crippen molar-refractivity contribution < 1.29 is 14.1 Å². The van der Waals surface area contributed by atoms with E-state index in [9.17, 15) is 4.79 Å². The van der Waals surface area contributed by atoms with Crippen LogP contribution in [0.3, 0.4) is 0 Å². The van der Waals surface area contributed by atoms with E-state index in [0.717, 1.165) is 23.0 Å². The van der Waals surface area contributed by atoms with Gasteiger partial charge in [0.25, 0.3) is 0 Å². The molecule has 3 aromatic rings. The Morgan fingerprint density at radius 2 is 1.92 bits per heavy atom. The van der Waals surface area contributed by atoms with E-state index in [2.05, 4.69) is 45.5 Å². The van der Waals surface area contributed by atoms with E-state index < -0.39 is 11.7 Å². The first-order chi connectivity index (χ1) is 12.4. The van der Waals surface area contributed by atoms with Crippen LogP contribution in [-0.4, -0.2) is 16.7 Å². The minimum atomic E-state index is -0.510. The SMILES string of the molecule is CC(C)(C)OC(=O)NCc1cc2c[n+](Cc3ccccc3)ccc2cn1. The molecule has 134 valence electrons. The van der Waals surface area contributed by atoms with Crippen LogP contribution >= 0.6 is 0 Å². The molecule has 0 radical (unpaired) electrons. The number of nitrogens with zero attached hydrogens (tertiary/aromatic N) is 2. The summed E-state index contributed by atoms with van der Waals surface area (Å²) in [6.45, 7) is 6.66. The Balaban J connectivity index is 1.71. The molecule has 2 heterocycles. The number of hydrogen-bond acceptors (Lipinski definition) is 3. The Labute approximate surface area is 153 Å². The van der Waals surface area contributed by atoms with E-state index in [1.807, 2.05) is 51.2 Å². The van der Waals surface area contributed by atoms with Crippen molar-refractivity contribution in [2.75, 3.05) is 0 Å². The van der Waals surface area contributed by atoms with Crippen molar-refractivity contribution in [1.29, 1.82) is 0 Å². The number of ether oxygens (including phenoxy) is 1. The largest absolute Gasteiger partial charge is 0.444 e. The number of pyridine rings is 2. The van der Waals surface area contributed by atoms with E-state index in [1.165, 1.54) is 5.56 Å². The second kappa shape index (κ2) is 7.52. The summed E-state index contributed by atoms with van der Waals surface area (Å²) in [6.07, 6.45) is 5.54. The summed E-state index contributed by atoms with van der Waals surface area (Å²) < 4.78 is 7.39. The van der Waals surface area contributed by atoms with Gasteiger partial charge in [-0.15, -0.1) is 0 Å². The number of carbonyl (C=O) groups excluding carboxylic acids is 1. The van der Waals surface area contributed by atoms with Crippen LogP contribution < -0.4 is 9.88 Å². The highest BCUT2D eigenvalue weighted by Gasteiger charge is 2.16. The van der Waals surface area contributed by atoms with Crippen LogP contribution in [0.2, 0.25) is 0 Å². The van der Waals surface area contributed by atoms with Crippen molar-refractivity contribution in [3.63, 3.8) is 0 Å². The van der Waals surface area contributed by atoms with Gasteiger partial charge in [-0.25, -0.2) is 9.36 Å². The summed E-state index contributed by atoms with van der Waals surface area (Å²) in [5, 5.41) is 4.89. The van der Waals surface area contributed by atoms with Crippen LogP contribution in [0.4, 0.5) is 4.79 Å². The number of alkyl carbamates (subject to hydrolysis) is 1. The molecule has 0 unspecified atom stereocenters. The summed E-state index contributed by atoms with van der Waals surface area (Å²) in [5.41, 5.74) is 1.53. The summed E-state index contributed by atoms with van der Waals surface area (Å²) in [4.78, 5) is 16.2. The number of hydrogen-bond donors (Lipinski definition) is 1. The second-order valence-corrected chi connectivity index (χ2v) is 7.26. The fourth-order valence-corrected chi connectivity index (χ4v) is 2.64. The predicted octanol–water partition coefficient (Wildman–Crippen LogP) is 3.60. The zero-order valence-electron chi connectivity index (χ0n) is 15.4. The Bertz CT molecular complexity index is 902. The molecule has 5 heteroatoms. The number of carbonyl (C=O) groups is 1. The molecule has 2 aromatic heterocycles. The minimum Gasteiger partial charge on any atom is -0.444 e. The highest BCUT2D eigenvalue weighted by Crippen LogP contribution is 2.12. The van der Waals surface area contributed by atoms with Gasteiger partial charge in [0.2, 0.25) is 0 Å². The van der Waals surface area contributed by atoms with E-state index in [1.54, 1.807) is 0 Å². The number of benzene rings is 1. The first kappa shape index (κ1) is 17.9. The van der Waals surface area contributed by atoms with Crippen molar-refractivity contribution in [2.24, 2.45) is 0 Å². The van der Waals surface area contributed by atoms with Gasteiger partial charge in [0.05, 0.1) is 12.2 Å². The summed E-state index contributed by atoms with van der Waals surface area (Å²) in [5.74, 6) is 0. The predicted molar refractivity (Wildman–Crippen MR) is 101 cm³/mol. The van der Waals surface area contributed by atoms with Gasteiger partial charge in [-0.3, -0.25) is 4.98 Å². The van der Waals surface area contributed by atoms with Gasteiger partial charge in [0.15, 0.2) is 18.9 Å². The van der Waals surface area contributed by atoms with Gasteiger partial charge in [0.1, 0.15) is 5.60 Å². The van der Waals surface area contributed by atoms with Gasteiger partial charge < -0.3 is 10.1 Å². The standard InChI is InChI=1S/C21H23N3O2/c1-21(2,3)26-20(25)23-13-19-11-18-15-24(10-9-17(18)12-22-19)14-16-7-5-4-6-8-16/h4-12,15H,13-14H2,1-3H3/p+1. The molecule has 0 aliphatic carbocycles. The van der Waals surface area contributed by atoms with Crippen molar-refractivity contribution in [2.45, 2.75) is 39.5 Å². The zero-order chi connectivity index (χ0) is 18.6. The highest BCUT2D eigenvalue weighted by atomic mass is 16.6. The zero-order valence-corrected chi connectivity index (χ0v) is 15.4. The van der Waals surface area contributed by atoms with E-state index >= 15 is 0 Å². The maximum atomic E-state index is 11.8. The lowest BCUT2D eigenvalue weighted by Gasteiger charge is -2.19. The maximum absolute atomic E-state index is 11.8. The average molecular weight is 350 g/mol. The van der Waals surface area contributed by atoms with Crippen molar-refractivity contribution >= 4 is 16.9 Å². The molecule has 0 fully saturated rings. The number of fused-ring (bicyclic) bond motifs is 1. The molecule has 0 saturated carbocycles. The van der Waals surface area contributed by atoms with Gasteiger partial charge in [0, 0.05) is 28.6 Å². The third kappa shape index (κ3) is 5.02. The topological polar surface area (TPSA) is 55.1 Å². The van der Waals surface area contributed by atoms with Crippen LogP contribution in [0.5, 0.6) is 0 Å². The fraction of sp³-hybridized carbons (Fsp3) is 0.286. The van der Waals surface area contributed by atoms with Crippen molar-refractivity contribution in [3.05, 3.63) is 72.3 Å². The minimum absolute atomic E-state index is 0.332. The Kier molecular flexibility index (Phi) is 5.16. The molecule has 0 saturated heterocycles. The van der Waals surface area contributed by atoms with Gasteiger partial charge >= 0.3 is 6.09 Å². The number of aromatic nitrogens is 2. The van der Waals surface area contributed by atoms with Crippen LogP contribution in [0.25, 0.3) is 10.8 Å². The second-order valence-electron chi connectivity index (χ2n) is 7.26. The molecule has 0 atom stereocenters. The molecule has 1 amide bonds. The summed E-state index contributed by atoms with van der Waals surface area (Å²) in [6, 6.07) is 14.4. The molecule has 0 bridgehead atoms. The van der Waals surface area contributed by atoms with Crippen LogP contribution in [-0.2, 0) is 17.8 Å². The molecule has 3 rings (SSSR count). The monoisotopic (exact) mass is 350 g/mol. The van der Waals surface area contributed by atoms with Crippen LogP contribution in [0.15, 0.2) is 61.1 Å². The highest BCUT2D eigenvalue weighted by molar-refractivity contribution is 5.80. The Hall–Kier alpha value is -2.95. The molecular formula is C21H24N3O2+. The third-order valence-electron chi connectivity index (χ3n) is 3.80. The number of rotatable bonds is 4. The normalized spacial score (nSPS) is 11.3. The molecule has 26 heavy (non-hydrogen) atoms. The van der Waals surface area contributed by atoms with Gasteiger partial charge in [-0.2, -0.15) is 0 Å². The third-order valence-corrected chi connectivity index (χ3v) is 3.80. The van der Waals surface area contributed by atoms with Gasteiger partial charge in [-0.05, 0) is 26.8 Å². The lowest BCUT2D eigenvalue weighted by molar-refractivity contribution is -0.687. The maximum Gasteiger partial charge on any atom is 0.407 e. The molecule has 0 aliphatic heterocycles. The number of amides is 1. The fourth-order valence-electron chi connectivity index (χ4n) is 2.64. The van der Waals surface area contributed by atoms with Crippen LogP contribution in [0.1, 0.15) is 32.0 Å². The number of nitrogens with one attached hydrogen (secondary N) is 1. The lowest BCUT2D eigenvalue weighted by Crippen LogP contribution is -2.33. The average Bonchev–Trinajstić information content (AvgIpc) is 2.59. The smallest absolute Gasteiger partial charge is 0.407 e. The van der Waals surface area contributed by atoms with E-state index in [4.69, 9.17) is 4.74 Å².